The molecule has 1 aromatic heterocycles. The topological polar surface area (TPSA) is 105 Å². The fourth-order valence-electron chi connectivity index (χ4n) is 2.23. The molecule has 6 nitrogen and oxygen atoms in total. The molecule has 0 aliphatic heterocycles. The lowest BCUT2D eigenvalue weighted by molar-refractivity contribution is -0.121. The Morgan fingerprint density at radius 2 is 2.20 bits per heavy atom. The molecule has 0 unspecified atom stereocenters. The summed E-state index contributed by atoms with van der Waals surface area (Å²) in [4.78, 5) is 12.2. The van der Waals surface area contributed by atoms with E-state index in [-0.39, 0.29) is 11.2 Å². The molecule has 0 aromatic carbocycles. The van der Waals surface area contributed by atoms with E-state index in [1.807, 2.05) is 0 Å². The molecule has 3 N–H and O–H groups in total. The molecule has 2 rings (SSSR count). The van der Waals surface area contributed by atoms with Crippen molar-refractivity contribution in [1.82, 2.24) is 15.5 Å². The van der Waals surface area contributed by atoms with E-state index in [1.165, 1.54) is 23.1 Å². The third-order valence-electron chi connectivity index (χ3n) is 3.35. The molecule has 1 fully saturated rings. The molecule has 20 heavy (non-hydrogen) atoms. The van der Waals surface area contributed by atoms with E-state index in [2.05, 4.69) is 21.6 Å². The minimum Gasteiger partial charge on any atom is -0.374 e. The van der Waals surface area contributed by atoms with Crippen molar-refractivity contribution in [3.63, 3.8) is 0 Å². The van der Waals surface area contributed by atoms with E-state index in [0.717, 1.165) is 32.1 Å². The van der Waals surface area contributed by atoms with Gasteiger partial charge >= 0.3 is 0 Å². The lowest BCUT2D eigenvalue weighted by Gasteiger charge is -2.32. The first-order valence-corrected chi connectivity index (χ1v) is 8.23. The van der Waals surface area contributed by atoms with Crippen molar-refractivity contribution in [1.29, 1.82) is 5.26 Å². The first-order valence-electron chi connectivity index (χ1n) is 6.53. The summed E-state index contributed by atoms with van der Waals surface area (Å²) in [5, 5.41) is 19.9. The summed E-state index contributed by atoms with van der Waals surface area (Å²) in [6.07, 6.45) is 4.58. The average molecular weight is 311 g/mol. The smallest absolute Gasteiger partial charge is 0.234 e. The summed E-state index contributed by atoms with van der Waals surface area (Å²) < 4.78 is 0.666. The van der Waals surface area contributed by atoms with Crippen molar-refractivity contribution in [3.8, 4) is 6.07 Å². The Balaban J connectivity index is 1.94. The van der Waals surface area contributed by atoms with Gasteiger partial charge in [-0.3, -0.25) is 4.79 Å². The van der Waals surface area contributed by atoms with E-state index >= 15 is 0 Å². The zero-order valence-corrected chi connectivity index (χ0v) is 12.9. The maximum Gasteiger partial charge on any atom is 0.234 e. The fraction of sp³-hybridized carbons (Fsp3) is 0.667. The molecule has 0 radical (unpaired) electrons. The second-order valence-corrected chi connectivity index (χ2v) is 7.51. The van der Waals surface area contributed by atoms with Gasteiger partial charge in [-0.15, -0.1) is 10.2 Å². The minimum atomic E-state index is -0.690. The molecule has 0 saturated heterocycles. The number of amides is 1. The quantitative estimate of drug-likeness (QED) is 0.823. The van der Waals surface area contributed by atoms with Crippen molar-refractivity contribution in [2.24, 2.45) is 0 Å². The molecular weight excluding hydrogens is 294 g/mol. The summed E-state index contributed by atoms with van der Waals surface area (Å²) in [5.41, 5.74) is 4.82. The van der Waals surface area contributed by atoms with Crippen LogP contribution in [0.25, 0.3) is 0 Å². The van der Waals surface area contributed by atoms with Gasteiger partial charge in [-0.1, -0.05) is 42.4 Å². The molecule has 108 valence electrons. The molecule has 1 aliphatic carbocycles. The number of hydrogen-bond acceptors (Lipinski definition) is 7. The minimum absolute atomic E-state index is 0.132. The van der Waals surface area contributed by atoms with Gasteiger partial charge in [0.1, 0.15) is 5.54 Å². The number of carbonyl (C=O) groups is 1. The van der Waals surface area contributed by atoms with Crippen LogP contribution >= 0.6 is 23.1 Å². The highest BCUT2D eigenvalue weighted by Crippen LogP contribution is 2.30. The van der Waals surface area contributed by atoms with Crippen LogP contribution in [0.4, 0.5) is 5.13 Å². The highest BCUT2D eigenvalue weighted by atomic mass is 32.2. The molecule has 1 heterocycles. The predicted octanol–water partition coefficient (Wildman–Crippen LogP) is 1.94. The van der Waals surface area contributed by atoms with Crippen LogP contribution in [-0.2, 0) is 4.79 Å². The van der Waals surface area contributed by atoms with Gasteiger partial charge in [-0.05, 0) is 19.8 Å². The number of nitriles is 1. The Kier molecular flexibility index (Phi) is 4.83. The van der Waals surface area contributed by atoms with Crippen molar-refractivity contribution in [3.05, 3.63) is 0 Å². The highest BCUT2D eigenvalue weighted by molar-refractivity contribution is 8.02. The monoisotopic (exact) mass is 311 g/mol. The molecular formula is C12H17N5OS2. The normalized spacial score (nSPS) is 19.0. The molecule has 1 aliphatic rings. The standard InChI is InChI=1S/C12H17N5OS2/c1-8(19-11-17-16-10(14)20-11)9(18)15-12(7-13)5-3-2-4-6-12/h8H,2-6H2,1H3,(H2,14,16)(H,15,18)/t8-/m1/s1. The van der Waals surface area contributed by atoms with Crippen LogP contribution in [0.5, 0.6) is 0 Å². The van der Waals surface area contributed by atoms with Crippen LogP contribution in [0.3, 0.4) is 0 Å². The largest absolute Gasteiger partial charge is 0.374 e. The summed E-state index contributed by atoms with van der Waals surface area (Å²) in [7, 11) is 0. The number of nitrogens with two attached hydrogens (primary N) is 1. The maximum absolute atomic E-state index is 12.2. The summed E-state index contributed by atoms with van der Waals surface area (Å²) in [5.74, 6) is -0.132. The second kappa shape index (κ2) is 6.41. The van der Waals surface area contributed by atoms with Crippen LogP contribution in [0, 0.1) is 11.3 Å². The third kappa shape index (κ3) is 3.61. The number of nitrogens with one attached hydrogen (secondary N) is 1. The summed E-state index contributed by atoms with van der Waals surface area (Å²) in [6.45, 7) is 1.80. The van der Waals surface area contributed by atoms with E-state index in [4.69, 9.17) is 5.73 Å². The van der Waals surface area contributed by atoms with Gasteiger partial charge < -0.3 is 11.1 Å². The highest BCUT2D eigenvalue weighted by Gasteiger charge is 2.35. The van der Waals surface area contributed by atoms with Crippen LogP contribution in [-0.4, -0.2) is 26.9 Å². The Morgan fingerprint density at radius 1 is 1.50 bits per heavy atom. The van der Waals surface area contributed by atoms with Crippen LogP contribution in [0.1, 0.15) is 39.0 Å². The van der Waals surface area contributed by atoms with E-state index in [0.29, 0.717) is 9.47 Å². The van der Waals surface area contributed by atoms with E-state index in [1.54, 1.807) is 6.92 Å². The van der Waals surface area contributed by atoms with Gasteiger partial charge in [0.2, 0.25) is 11.0 Å². The van der Waals surface area contributed by atoms with Gasteiger partial charge in [0.05, 0.1) is 11.3 Å². The fourth-order valence-corrected chi connectivity index (χ4v) is 4.01. The van der Waals surface area contributed by atoms with Gasteiger partial charge in [-0.2, -0.15) is 5.26 Å². The van der Waals surface area contributed by atoms with E-state index < -0.39 is 5.54 Å². The zero-order chi connectivity index (χ0) is 14.6. The molecule has 1 saturated carbocycles. The van der Waals surface area contributed by atoms with Gasteiger partial charge in [0.15, 0.2) is 4.34 Å². The van der Waals surface area contributed by atoms with E-state index in [9.17, 15) is 10.1 Å². The molecule has 0 bridgehead atoms. The number of thioether (sulfide) groups is 1. The Hall–Kier alpha value is -1.33. The van der Waals surface area contributed by atoms with Crippen LogP contribution < -0.4 is 11.1 Å². The van der Waals surface area contributed by atoms with Gasteiger partial charge in [0, 0.05) is 0 Å². The zero-order valence-electron chi connectivity index (χ0n) is 11.3. The number of nitrogen functional groups attached to an aromatic ring is 1. The van der Waals surface area contributed by atoms with Crippen molar-refractivity contribution >= 4 is 34.1 Å². The Bertz CT molecular complexity index is 518. The summed E-state index contributed by atoms with van der Waals surface area (Å²) >= 11 is 2.57. The summed E-state index contributed by atoms with van der Waals surface area (Å²) in [6, 6.07) is 2.28. The first kappa shape index (κ1) is 15.1. The molecule has 1 aromatic rings. The third-order valence-corrected chi connectivity index (χ3v) is 5.29. The molecule has 1 atom stereocenters. The Labute approximate surface area is 126 Å². The predicted molar refractivity (Wildman–Crippen MR) is 79.2 cm³/mol. The van der Waals surface area contributed by atoms with Crippen molar-refractivity contribution < 1.29 is 4.79 Å². The number of carbonyl (C=O) groups excluding carboxylic acids is 1. The van der Waals surface area contributed by atoms with Crippen molar-refractivity contribution in [2.75, 3.05) is 5.73 Å². The maximum atomic E-state index is 12.2. The van der Waals surface area contributed by atoms with Crippen LogP contribution in [0.2, 0.25) is 0 Å². The van der Waals surface area contributed by atoms with Crippen LogP contribution in [0.15, 0.2) is 4.34 Å². The molecule has 0 spiro atoms. The Morgan fingerprint density at radius 3 is 2.75 bits per heavy atom. The van der Waals surface area contributed by atoms with Crippen molar-refractivity contribution in [2.45, 2.75) is 54.2 Å². The number of aromatic nitrogens is 2. The first-order chi connectivity index (χ1) is 9.54. The van der Waals surface area contributed by atoms with Gasteiger partial charge in [0.25, 0.3) is 0 Å². The number of anilines is 1. The number of nitrogens with zero attached hydrogens (tertiary/aromatic N) is 3. The number of hydrogen-bond donors (Lipinski definition) is 2. The van der Waals surface area contributed by atoms with Gasteiger partial charge in [-0.25, -0.2) is 0 Å². The SMILES string of the molecule is C[C@@H](Sc1nnc(N)s1)C(=O)NC1(C#N)CCCCC1. The lowest BCUT2D eigenvalue weighted by atomic mass is 9.83. The average Bonchev–Trinajstić information content (AvgIpc) is 2.85. The number of rotatable bonds is 4. The second-order valence-electron chi connectivity index (χ2n) is 4.91. The molecule has 8 heteroatoms. The lowest BCUT2D eigenvalue weighted by Crippen LogP contribution is -2.50. The molecule has 1 amide bonds.